The van der Waals surface area contributed by atoms with Gasteiger partial charge in [0.1, 0.15) is 6.61 Å². The molecule has 148 valence electrons. The molecule has 1 aliphatic heterocycles. The van der Waals surface area contributed by atoms with E-state index in [9.17, 15) is 4.79 Å². The van der Waals surface area contributed by atoms with Gasteiger partial charge in [-0.3, -0.25) is 4.79 Å². The van der Waals surface area contributed by atoms with Crippen molar-refractivity contribution in [2.75, 3.05) is 18.1 Å². The van der Waals surface area contributed by atoms with E-state index in [0.29, 0.717) is 13.2 Å². The number of carbonyl (C=O) groups excluding carboxylic acids is 1. The van der Waals surface area contributed by atoms with Crippen LogP contribution in [0.5, 0.6) is 0 Å². The highest BCUT2D eigenvalue weighted by Crippen LogP contribution is 2.33. The summed E-state index contributed by atoms with van der Waals surface area (Å²) in [7, 11) is 0. The molecule has 0 amide bonds. The number of carbonyl (C=O) groups is 1. The molecule has 0 saturated carbocycles. The summed E-state index contributed by atoms with van der Waals surface area (Å²) in [5, 5.41) is 0. The topological polar surface area (TPSA) is 29.5 Å². The van der Waals surface area contributed by atoms with Gasteiger partial charge < -0.3 is 9.64 Å². The number of hydrogen-bond donors (Lipinski definition) is 0. The molecule has 0 saturated heterocycles. The van der Waals surface area contributed by atoms with Crippen molar-refractivity contribution < 1.29 is 9.53 Å². The molecule has 0 aromatic heterocycles. The summed E-state index contributed by atoms with van der Waals surface area (Å²) in [6.07, 6.45) is 10.3. The lowest BCUT2D eigenvalue weighted by Crippen LogP contribution is -2.25. The molecule has 0 fully saturated rings. The van der Waals surface area contributed by atoms with Crippen molar-refractivity contribution in [3.63, 3.8) is 0 Å². The van der Waals surface area contributed by atoms with E-state index in [4.69, 9.17) is 4.74 Å². The van der Waals surface area contributed by atoms with Crippen LogP contribution in [0.2, 0.25) is 0 Å². The Balaban J connectivity index is 1.69. The molecule has 3 nitrogen and oxygen atoms in total. The molecule has 2 aromatic carbocycles. The van der Waals surface area contributed by atoms with Gasteiger partial charge in [-0.15, -0.1) is 0 Å². The second-order valence-electron chi connectivity index (χ2n) is 6.68. The maximum Gasteiger partial charge on any atom is 0.302 e. The Labute approximate surface area is 177 Å². The minimum absolute atomic E-state index is 0.256. The second kappa shape index (κ2) is 9.99. The van der Waals surface area contributed by atoms with Crippen LogP contribution in [0.25, 0.3) is 5.57 Å². The fourth-order valence-corrected chi connectivity index (χ4v) is 3.85. The zero-order valence-corrected chi connectivity index (χ0v) is 17.6. The van der Waals surface area contributed by atoms with Gasteiger partial charge in [0.25, 0.3) is 0 Å². The SMILES string of the molecule is C=C(C=CC=C1C=CN(CCOC(C)=O)c2ccccc21)Sc1ccccc1C. The Morgan fingerprint density at radius 3 is 2.72 bits per heavy atom. The number of esters is 1. The van der Waals surface area contributed by atoms with Crippen LogP contribution in [-0.4, -0.2) is 19.1 Å². The van der Waals surface area contributed by atoms with Gasteiger partial charge in [-0.2, -0.15) is 0 Å². The minimum atomic E-state index is -0.256. The van der Waals surface area contributed by atoms with Gasteiger partial charge in [0, 0.05) is 34.2 Å². The van der Waals surface area contributed by atoms with E-state index in [-0.39, 0.29) is 5.97 Å². The highest BCUT2D eigenvalue weighted by molar-refractivity contribution is 8.03. The molecular formula is C25H25NO2S. The van der Waals surface area contributed by atoms with E-state index in [1.165, 1.54) is 17.4 Å². The Bertz CT molecular complexity index is 988. The van der Waals surface area contributed by atoms with Gasteiger partial charge in [-0.1, -0.05) is 66.9 Å². The van der Waals surface area contributed by atoms with E-state index in [2.05, 4.69) is 54.8 Å². The Morgan fingerprint density at radius 2 is 1.93 bits per heavy atom. The normalized spacial score (nSPS) is 14.3. The summed E-state index contributed by atoms with van der Waals surface area (Å²) in [6.45, 7) is 8.68. The summed E-state index contributed by atoms with van der Waals surface area (Å²) >= 11 is 1.68. The first-order chi connectivity index (χ1) is 14.0. The fourth-order valence-electron chi connectivity index (χ4n) is 3.04. The first-order valence-electron chi connectivity index (χ1n) is 9.53. The third-order valence-corrected chi connectivity index (χ3v) is 5.56. The number of anilines is 1. The van der Waals surface area contributed by atoms with Crippen molar-refractivity contribution in [2.45, 2.75) is 18.7 Å². The molecule has 0 atom stereocenters. The van der Waals surface area contributed by atoms with Crippen molar-refractivity contribution in [3.05, 3.63) is 102 Å². The van der Waals surface area contributed by atoms with Crippen molar-refractivity contribution in [1.82, 2.24) is 0 Å². The number of aryl methyl sites for hydroxylation is 1. The molecule has 0 radical (unpaired) electrons. The first-order valence-corrected chi connectivity index (χ1v) is 10.3. The Hall–Kier alpha value is -2.98. The third kappa shape index (κ3) is 5.75. The summed E-state index contributed by atoms with van der Waals surface area (Å²) < 4.78 is 5.08. The first kappa shape index (κ1) is 20.7. The zero-order chi connectivity index (χ0) is 20.6. The molecule has 1 heterocycles. The van der Waals surface area contributed by atoms with Crippen molar-refractivity contribution in [1.29, 1.82) is 0 Å². The number of allylic oxidation sites excluding steroid dienone is 5. The van der Waals surface area contributed by atoms with Crippen molar-refractivity contribution >= 4 is 29.0 Å². The van der Waals surface area contributed by atoms with Crippen LogP contribution in [0.3, 0.4) is 0 Å². The van der Waals surface area contributed by atoms with E-state index in [0.717, 1.165) is 21.7 Å². The zero-order valence-electron chi connectivity index (χ0n) is 16.8. The third-order valence-electron chi connectivity index (χ3n) is 4.49. The Kier molecular flexibility index (Phi) is 7.14. The maximum absolute atomic E-state index is 11.0. The second-order valence-corrected chi connectivity index (χ2v) is 7.85. The van der Waals surface area contributed by atoms with Crippen molar-refractivity contribution in [2.24, 2.45) is 0 Å². The molecule has 0 aliphatic carbocycles. The largest absolute Gasteiger partial charge is 0.464 e. The standard InChI is InChI=1S/C25H25NO2S/c1-19-9-4-7-14-25(19)29-20(2)10-8-11-22-15-16-26(17-18-28-21(3)27)24-13-6-5-12-23(22)24/h4-16H,2,17-18H2,1,3H3. The molecule has 1 aliphatic rings. The van der Waals surface area contributed by atoms with Crippen LogP contribution in [-0.2, 0) is 9.53 Å². The van der Waals surface area contributed by atoms with E-state index >= 15 is 0 Å². The molecule has 0 spiro atoms. The van der Waals surface area contributed by atoms with Crippen LogP contribution in [0.4, 0.5) is 5.69 Å². The van der Waals surface area contributed by atoms with Gasteiger partial charge in [0.05, 0.1) is 6.54 Å². The number of fused-ring (bicyclic) bond motifs is 1. The minimum Gasteiger partial charge on any atom is -0.464 e. The quantitative estimate of drug-likeness (QED) is 0.316. The van der Waals surface area contributed by atoms with E-state index in [1.54, 1.807) is 11.8 Å². The average molecular weight is 404 g/mol. The molecular weight excluding hydrogens is 378 g/mol. The van der Waals surface area contributed by atoms with Gasteiger partial charge in [0.2, 0.25) is 0 Å². The Morgan fingerprint density at radius 1 is 1.17 bits per heavy atom. The number of benzene rings is 2. The molecule has 0 unspecified atom stereocenters. The molecule has 29 heavy (non-hydrogen) atoms. The fraction of sp³-hybridized carbons (Fsp3) is 0.160. The van der Waals surface area contributed by atoms with Crippen LogP contribution in [0, 0.1) is 6.92 Å². The molecule has 4 heteroatoms. The summed E-state index contributed by atoms with van der Waals surface area (Å²) in [5.41, 5.74) is 4.65. The van der Waals surface area contributed by atoms with Crippen molar-refractivity contribution in [3.8, 4) is 0 Å². The number of ether oxygens (including phenoxy) is 1. The number of rotatable bonds is 7. The summed E-state index contributed by atoms with van der Waals surface area (Å²) in [6, 6.07) is 16.6. The van der Waals surface area contributed by atoms with Gasteiger partial charge in [-0.25, -0.2) is 0 Å². The lowest BCUT2D eigenvalue weighted by molar-refractivity contribution is -0.140. The maximum atomic E-state index is 11.0. The number of nitrogens with zero attached hydrogens (tertiary/aromatic N) is 1. The predicted octanol–water partition coefficient (Wildman–Crippen LogP) is 6.14. The summed E-state index contributed by atoms with van der Waals surface area (Å²) in [4.78, 5) is 15.3. The lowest BCUT2D eigenvalue weighted by Gasteiger charge is -2.27. The van der Waals surface area contributed by atoms with Crippen LogP contribution >= 0.6 is 11.8 Å². The highest BCUT2D eigenvalue weighted by Gasteiger charge is 2.15. The van der Waals surface area contributed by atoms with E-state index < -0.39 is 0 Å². The van der Waals surface area contributed by atoms with Crippen LogP contribution in [0.1, 0.15) is 18.1 Å². The lowest BCUT2D eigenvalue weighted by atomic mass is 9.99. The average Bonchev–Trinajstić information content (AvgIpc) is 2.71. The van der Waals surface area contributed by atoms with Crippen LogP contribution < -0.4 is 4.90 Å². The molecule has 0 bridgehead atoms. The smallest absolute Gasteiger partial charge is 0.302 e. The summed E-state index contributed by atoms with van der Waals surface area (Å²) in [5.74, 6) is -0.256. The number of hydrogen-bond acceptors (Lipinski definition) is 4. The number of para-hydroxylation sites is 1. The number of thioether (sulfide) groups is 1. The molecule has 2 aromatic rings. The van der Waals surface area contributed by atoms with Gasteiger partial charge in [-0.05, 0) is 42.3 Å². The monoisotopic (exact) mass is 403 g/mol. The van der Waals surface area contributed by atoms with Gasteiger partial charge >= 0.3 is 5.97 Å². The van der Waals surface area contributed by atoms with E-state index in [1.807, 2.05) is 42.6 Å². The van der Waals surface area contributed by atoms with Gasteiger partial charge in [0.15, 0.2) is 0 Å². The molecule has 3 rings (SSSR count). The highest BCUT2D eigenvalue weighted by atomic mass is 32.2. The molecule has 0 N–H and O–H groups in total. The predicted molar refractivity (Wildman–Crippen MR) is 123 cm³/mol. The van der Waals surface area contributed by atoms with Crippen LogP contribution in [0.15, 0.2) is 95.4 Å².